The van der Waals surface area contributed by atoms with Crippen LogP contribution >= 0.6 is 11.6 Å². The van der Waals surface area contributed by atoms with Gasteiger partial charge in [-0.3, -0.25) is 4.90 Å². The Hall–Kier alpha value is -3.97. The Morgan fingerprint density at radius 3 is 2.53 bits per heavy atom. The molecule has 1 N–H and O–H groups in total. The minimum Gasteiger partial charge on any atom is -0.334 e. The number of urea groups is 1. The molecule has 1 aliphatic heterocycles. The molecule has 0 saturated carbocycles. The van der Waals surface area contributed by atoms with E-state index in [0.29, 0.717) is 27.8 Å². The molecule has 2 heterocycles. The Bertz CT molecular complexity index is 1410. The molecule has 2 amide bonds. The molecular formula is C26H20ClFN4O2. The van der Waals surface area contributed by atoms with E-state index in [2.05, 4.69) is 15.5 Å². The zero-order valence-corrected chi connectivity index (χ0v) is 19.2. The maximum absolute atomic E-state index is 14.0. The summed E-state index contributed by atoms with van der Waals surface area (Å²) in [6.07, 6.45) is 0. The first-order valence-electron chi connectivity index (χ1n) is 10.6. The van der Waals surface area contributed by atoms with Crippen molar-refractivity contribution in [3.63, 3.8) is 0 Å². The lowest BCUT2D eigenvalue weighted by atomic mass is 9.94. The summed E-state index contributed by atoms with van der Waals surface area (Å²) in [7, 11) is 0. The van der Waals surface area contributed by atoms with Gasteiger partial charge in [-0.05, 0) is 49.7 Å². The third-order valence-corrected chi connectivity index (χ3v) is 5.93. The molecule has 170 valence electrons. The molecule has 0 spiro atoms. The number of halogens is 2. The SMILES string of the molecule is CC1=C(c2nc(-c3ccc(C)cc3)no2)C(c2cccc(Cl)c2)NC(=O)N1c1cccc(F)c1. The fourth-order valence-corrected chi connectivity index (χ4v) is 4.23. The lowest BCUT2D eigenvalue weighted by Crippen LogP contribution is -2.46. The summed E-state index contributed by atoms with van der Waals surface area (Å²) < 4.78 is 19.7. The summed E-state index contributed by atoms with van der Waals surface area (Å²) in [6, 6.07) is 19.8. The van der Waals surface area contributed by atoms with Crippen molar-refractivity contribution in [3.8, 4) is 11.4 Å². The number of nitrogens with one attached hydrogen (secondary N) is 1. The minimum absolute atomic E-state index is 0.249. The van der Waals surface area contributed by atoms with Crippen LogP contribution in [0.15, 0.2) is 83.0 Å². The molecule has 0 saturated heterocycles. The number of nitrogens with zero attached hydrogens (tertiary/aromatic N) is 3. The first-order valence-corrected chi connectivity index (χ1v) is 11.0. The van der Waals surface area contributed by atoms with Gasteiger partial charge in [-0.1, -0.05) is 64.8 Å². The van der Waals surface area contributed by atoms with Crippen LogP contribution in [0.25, 0.3) is 17.0 Å². The molecule has 1 unspecified atom stereocenters. The van der Waals surface area contributed by atoms with Gasteiger partial charge in [0.15, 0.2) is 0 Å². The molecule has 0 aliphatic carbocycles. The van der Waals surface area contributed by atoms with E-state index in [1.54, 1.807) is 37.3 Å². The largest absolute Gasteiger partial charge is 0.334 e. The molecule has 4 aromatic rings. The van der Waals surface area contributed by atoms with Crippen molar-refractivity contribution < 1.29 is 13.7 Å². The van der Waals surface area contributed by atoms with Gasteiger partial charge < -0.3 is 9.84 Å². The third kappa shape index (κ3) is 4.06. The van der Waals surface area contributed by atoms with Gasteiger partial charge in [0.2, 0.25) is 5.82 Å². The van der Waals surface area contributed by atoms with Gasteiger partial charge in [0.05, 0.1) is 17.3 Å². The molecule has 3 aromatic carbocycles. The Labute approximate surface area is 200 Å². The maximum Gasteiger partial charge on any atom is 0.327 e. The minimum atomic E-state index is -0.595. The maximum atomic E-state index is 14.0. The van der Waals surface area contributed by atoms with Crippen molar-refractivity contribution in [2.24, 2.45) is 0 Å². The van der Waals surface area contributed by atoms with Gasteiger partial charge in [0, 0.05) is 16.3 Å². The Kier molecular flexibility index (Phi) is 5.63. The van der Waals surface area contributed by atoms with Gasteiger partial charge in [0.1, 0.15) is 5.82 Å². The van der Waals surface area contributed by atoms with E-state index in [9.17, 15) is 9.18 Å². The molecule has 0 radical (unpaired) electrons. The number of allylic oxidation sites excluding steroid dienone is 1. The lowest BCUT2D eigenvalue weighted by molar-refractivity contribution is 0.244. The van der Waals surface area contributed by atoms with Crippen molar-refractivity contribution in [2.75, 3.05) is 4.90 Å². The number of rotatable bonds is 4. The van der Waals surface area contributed by atoms with Crippen LogP contribution in [0.3, 0.4) is 0 Å². The zero-order chi connectivity index (χ0) is 23.8. The summed E-state index contributed by atoms with van der Waals surface area (Å²) in [5.74, 6) is 0.227. The Morgan fingerprint density at radius 2 is 1.79 bits per heavy atom. The fraction of sp³-hybridized carbons (Fsp3) is 0.115. The molecule has 1 aliphatic rings. The molecule has 8 heteroatoms. The highest BCUT2D eigenvalue weighted by molar-refractivity contribution is 6.30. The standard InChI is InChI=1S/C26H20ClFN4O2/c1-15-9-11-17(12-10-15)24-30-25(34-31-24)22-16(2)32(21-8-4-7-20(28)14-21)26(33)29-23(22)18-5-3-6-19(27)13-18/h3-14,23H,1-2H3,(H,29,33). The second kappa shape index (κ2) is 8.76. The molecule has 34 heavy (non-hydrogen) atoms. The van der Waals surface area contributed by atoms with Crippen LogP contribution in [-0.4, -0.2) is 16.2 Å². The van der Waals surface area contributed by atoms with Crippen molar-refractivity contribution in [1.82, 2.24) is 15.5 Å². The van der Waals surface area contributed by atoms with E-state index in [4.69, 9.17) is 16.1 Å². The second-order valence-electron chi connectivity index (χ2n) is 8.04. The van der Waals surface area contributed by atoms with Crippen LogP contribution < -0.4 is 10.2 Å². The smallest absolute Gasteiger partial charge is 0.327 e. The molecule has 1 atom stereocenters. The highest BCUT2D eigenvalue weighted by Gasteiger charge is 2.36. The third-order valence-electron chi connectivity index (χ3n) is 5.70. The highest BCUT2D eigenvalue weighted by Crippen LogP contribution is 2.39. The number of benzene rings is 3. The summed E-state index contributed by atoms with van der Waals surface area (Å²) in [5, 5.41) is 7.68. The van der Waals surface area contributed by atoms with Gasteiger partial charge in [-0.15, -0.1) is 0 Å². The summed E-state index contributed by atoms with van der Waals surface area (Å²) >= 11 is 6.24. The predicted octanol–water partition coefficient (Wildman–Crippen LogP) is 6.54. The van der Waals surface area contributed by atoms with Crippen LogP contribution in [0.4, 0.5) is 14.9 Å². The van der Waals surface area contributed by atoms with Gasteiger partial charge >= 0.3 is 6.03 Å². The normalized spacial score (nSPS) is 16.1. The first kappa shape index (κ1) is 21.9. The van der Waals surface area contributed by atoms with E-state index < -0.39 is 17.9 Å². The van der Waals surface area contributed by atoms with Crippen LogP contribution in [0.1, 0.15) is 30.0 Å². The van der Waals surface area contributed by atoms with E-state index in [-0.39, 0.29) is 5.89 Å². The van der Waals surface area contributed by atoms with Crippen molar-refractivity contribution in [2.45, 2.75) is 19.9 Å². The van der Waals surface area contributed by atoms with Gasteiger partial charge in [-0.25, -0.2) is 9.18 Å². The summed E-state index contributed by atoms with van der Waals surface area (Å²) in [5.41, 5.74) is 4.20. The quantitative estimate of drug-likeness (QED) is 0.364. The first-order chi connectivity index (χ1) is 16.4. The lowest BCUT2D eigenvalue weighted by Gasteiger charge is -2.35. The predicted molar refractivity (Wildman–Crippen MR) is 129 cm³/mol. The number of hydrogen-bond donors (Lipinski definition) is 1. The van der Waals surface area contributed by atoms with Crippen molar-refractivity contribution in [1.29, 1.82) is 0 Å². The molecule has 0 bridgehead atoms. The topological polar surface area (TPSA) is 71.3 Å². The van der Waals surface area contributed by atoms with Crippen molar-refractivity contribution in [3.05, 3.63) is 106 Å². The number of aromatic nitrogens is 2. The highest BCUT2D eigenvalue weighted by atomic mass is 35.5. The molecular weight excluding hydrogens is 455 g/mol. The average Bonchev–Trinajstić information content (AvgIpc) is 3.29. The molecule has 1 aromatic heterocycles. The monoisotopic (exact) mass is 474 g/mol. The van der Waals surface area contributed by atoms with Crippen LogP contribution in [-0.2, 0) is 0 Å². The van der Waals surface area contributed by atoms with Crippen LogP contribution in [0.5, 0.6) is 0 Å². The number of carbonyl (C=O) groups excluding carboxylic acids is 1. The number of anilines is 1. The number of carbonyl (C=O) groups is 1. The Balaban J connectivity index is 1.66. The van der Waals surface area contributed by atoms with E-state index in [0.717, 1.165) is 16.7 Å². The van der Waals surface area contributed by atoms with Gasteiger partial charge in [-0.2, -0.15) is 4.98 Å². The Morgan fingerprint density at radius 1 is 1.03 bits per heavy atom. The molecule has 6 nitrogen and oxygen atoms in total. The number of amides is 2. The fourth-order valence-electron chi connectivity index (χ4n) is 4.04. The summed E-state index contributed by atoms with van der Waals surface area (Å²) in [6.45, 7) is 3.77. The zero-order valence-electron chi connectivity index (χ0n) is 18.4. The second-order valence-corrected chi connectivity index (χ2v) is 8.48. The molecule has 0 fully saturated rings. The van der Waals surface area contributed by atoms with E-state index >= 15 is 0 Å². The number of hydrogen-bond acceptors (Lipinski definition) is 4. The van der Waals surface area contributed by atoms with Crippen LogP contribution in [0, 0.1) is 12.7 Å². The average molecular weight is 475 g/mol. The van der Waals surface area contributed by atoms with Crippen molar-refractivity contribution >= 4 is 28.9 Å². The molecule has 5 rings (SSSR count). The van der Waals surface area contributed by atoms with E-state index in [1.165, 1.54) is 17.0 Å². The van der Waals surface area contributed by atoms with Gasteiger partial charge in [0.25, 0.3) is 5.89 Å². The van der Waals surface area contributed by atoms with Crippen LogP contribution in [0.2, 0.25) is 5.02 Å². The number of aryl methyl sites for hydroxylation is 1. The van der Waals surface area contributed by atoms with E-state index in [1.807, 2.05) is 37.3 Å². The summed E-state index contributed by atoms with van der Waals surface area (Å²) in [4.78, 5) is 19.2.